The molecule has 2 aromatic rings. The molecule has 3 rings (SSSR count). The highest BCUT2D eigenvalue weighted by atomic mass is 32.2. The van der Waals surface area contributed by atoms with Gasteiger partial charge in [0.05, 0.1) is 5.56 Å². The second kappa shape index (κ2) is 9.55. The van der Waals surface area contributed by atoms with Gasteiger partial charge in [0.25, 0.3) is 5.91 Å². The fourth-order valence-electron chi connectivity index (χ4n) is 3.05. The van der Waals surface area contributed by atoms with Crippen LogP contribution in [0.25, 0.3) is 0 Å². The van der Waals surface area contributed by atoms with Crippen LogP contribution >= 0.6 is 11.8 Å². The average Bonchev–Trinajstić information content (AvgIpc) is 2.98. The maximum atomic E-state index is 12.7. The van der Waals surface area contributed by atoms with Crippen LogP contribution < -0.4 is 0 Å². The number of benzene rings is 1. The van der Waals surface area contributed by atoms with E-state index in [0.29, 0.717) is 10.6 Å². The normalized spacial score (nSPS) is 15.7. The number of carbonyl (C=O) groups excluding carboxylic acids is 2. The van der Waals surface area contributed by atoms with Crippen LogP contribution in [0.5, 0.6) is 0 Å². The molecule has 1 amide bonds. The third-order valence-electron chi connectivity index (χ3n) is 4.50. The summed E-state index contributed by atoms with van der Waals surface area (Å²) in [6.07, 6.45) is 5.15. The molecule has 27 heavy (non-hydrogen) atoms. The Morgan fingerprint density at radius 1 is 1.04 bits per heavy atom. The smallest absolute Gasteiger partial charge is 0.341 e. The highest BCUT2D eigenvalue weighted by molar-refractivity contribution is 7.99. The van der Waals surface area contributed by atoms with E-state index in [4.69, 9.17) is 4.74 Å². The van der Waals surface area contributed by atoms with Crippen molar-refractivity contribution in [1.29, 1.82) is 0 Å². The van der Waals surface area contributed by atoms with Crippen LogP contribution in [0.3, 0.4) is 0 Å². The minimum absolute atomic E-state index is 0.119. The second-order valence-electron chi connectivity index (χ2n) is 6.56. The van der Waals surface area contributed by atoms with Crippen LogP contribution in [0.2, 0.25) is 0 Å². The number of esters is 1. The summed E-state index contributed by atoms with van der Waals surface area (Å²) in [6.45, 7) is 3.12. The zero-order valence-corrected chi connectivity index (χ0v) is 16.3. The molecule has 1 saturated heterocycles. The lowest BCUT2D eigenvalue weighted by Crippen LogP contribution is -2.40. The van der Waals surface area contributed by atoms with Crippen molar-refractivity contribution in [2.24, 2.45) is 0 Å². The van der Waals surface area contributed by atoms with Gasteiger partial charge >= 0.3 is 5.97 Å². The Kier molecular flexibility index (Phi) is 6.87. The van der Waals surface area contributed by atoms with E-state index in [9.17, 15) is 9.59 Å². The van der Waals surface area contributed by atoms with E-state index >= 15 is 0 Å². The summed E-state index contributed by atoms with van der Waals surface area (Å²) in [5, 5.41) is 0.572. The maximum Gasteiger partial charge on any atom is 0.341 e. The summed E-state index contributed by atoms with van der Waals surface area (Å²) in [5.41, 5.74) is 0.377. The number of hydrogen-bond acceptors (Lipinski definition) is 5. The number of hydrogen-bond donors (Lipinski definition) is 0. The molecule has 0 aliphatic carbocycles. The number of pyridine rings is 1. The lowest BCUT2D eigenvalue weighted by Gasteiger charge is -2.24. The predicted octanol–water partition coefficient (Wildman–Crippen LogP) is 4.18. The topological polar surface area (TPSA) is 59.5 Å². The number of amides is 1. The molecule has 1 atom stereocenters. The van der Waals surface area contributed by atoms with Gasteiger partial charge in [0, 0.05) is 24.2 Å². The standard InChI is InChI=1S/C21H24N2O3S/c1-16(20(24)23-14-7-2-3-8-15-23)26-21(25)18-12-9-13-22-19(18)27-17-10-5-4-6-11-17/h4-6,9-13,16H,2-3,7-8,14-15H2,1H3. The Morgan fingerprint density at radius 3 is 2.44 bits per heavy atom. The molecule has 0 N–H and O–H groups in total. The van der Waals surface area contributed by atoms with Crippen molar-refractivity contribution < 1.29 is 14.3 Å². The lowest BCUT2D eigenvalue weighted by atomic mass is 10.2. The van der Waals surface area contributed by atoms with Crippen LogP contribution in [0.1, 0.15) is 43.0 Å². The van der Waals surface area contributed by atoms with Gasteiger partial charge in [-0.15, -0.1) is 0 Å². The van der Waals surface area contributed by atoms with E-state index in [0.717, 1.165) is 43.7 Å². The number of aromatic nitrogens is 1. The number of ether oxygens (including phenoxy) is 1. The highest BCUT2D eigenvalue weighted by Gasteiger charge is 2.26. The van der Waals surface area contributed by atoms with Crippen molar-refractivity contribution in [1.82, 2.24) is 9.88 Å². The number of carbonyl (C=O) groups is 2. The minimum Gasteiger partial charge on any atom is -0.449 e. The average molecular weight is 385 g/mol. The second-order valence-corrected chi connectivity index (χ2v) is 7.62. The molecule has 1 fully saturated rings. The van der Waals surface area contributed by atoms with Crippen LogP contribution in [0, 0.1) is 0 Å². The third-order valence-corrected chi connectivity index (χ3v) is 5.52. The predicted molar refractivity (Wildman–Crippen MR) is 105 cm³/mol. The molecule has 1 aromatic carbocycles. The molecule has 0 saturated carbocycles. The first-order valence-corrected chi connectivity index (χ1v) is 10.1. The lowest BCUT2D eigenvalue weighted by molar-refractivity contribution is -0.139. The first-order valence-electron chi connectivity index (χ1n) is 9.33. The molecule has 2 heterocycles. The molecular formula is C21H24N2O3S. The van der Waals surface area contributed by atoms with Crippen molar-refractivity contribution >= 4 is 23.6 Å². The molecule has 1 aliphatic rings. The van der Waals surface area contributed by atoms with Crippen LogP contribution in [-0.2, 0) is 9.53 Å². The molecular weight excluding hydrogens is 360 g/mol. The van der Waals surface area contributed by atoms with Crippen molar-refractivity contribution in [3.63, 3.8) is 0 Å². The summed E-state index contributed by atoms with van der Waals surface area (Å²) in [6, 6.07) is 13.1. The monoisotopic (exact) mass is 384 g/mol. The number of rotatable bonds is 5. The van der Waals surface area contributed by atoms with Crippen LogP contribution in [0.4, 0.5) is 0 Å². The molecule has 1 unspecified atom stereocenters. The SMILES string of the molecule is CC(OC(=O)c1cccnc1Sc1ccccc1)C(=O)N1CCCCCC1. The Morgan fingerprint density at radius 2 is 1.74 bits per heavy atom. The van der Waals surface area contributed by atoms with Crippen molar-refractivity contribution in [3.05, 3.63) is 54.2 Å². The summed E-state index contributed by atoms with van der Waals surface area (Å²) < 4.78 is 5.49. The molecule has 142 valence electrons. The van der Waals surface area contributed by atoms with Gasteiger partial charge in [-0.3, -0.25) is 4.79 Å². The van der Waals surface area contributed by atoms with E-state index in [1.54, 1.807) is 25.3 Å². The van der Waals surface area contributed by atoms with E-state index in [2.05, 4.69) is 4.98 Å². The Bertz CT molecular complexity index is 774. The zero-order chi connectivity index (χ0) is 19.1. The molecule has 0 radical (unpaired) electrons. The molecule has 1 aliphatic heterocycles. The van der Waals surface area contributed by atoms with E-state index in [1.807, 2.05) is 35.2 Å². The summed E-state index contributed by atoms with van der Waals surface area (Å²) >= 11 is 1.40. The number of nitrogens with zero attached hydrogens (tertiary/aromatic N) is 2. The molecule has 6 heteroatoms. The van der Waals surface area contributed by atoms with E-state index < -0.39 is 12.1 Å². The quantitative estimate of drug-likeness (QED) is 0.724. The van der Waals surface area contributed by atoms with Crippen molar-refractivity contribution in [3.8, 4) is 0 Å². The van der Waals surface area contributed by atoms with E-state index in [1.165, 1.54) is 11.8 Å². The first kappa shape index (κ1) is 19.4. The fourth-order valence-corrected chi connectivity index (χ4v) is 3.94. The zero-order valence-electron chi connectivity index (χ0n) is 15.5. The Balaban J connectivity index is 1.67. The molecule has 1 aromatic heterocycles. The van der Waals surface area contributed by atoms with Crippen LogP contribution in [0.15, 0.2) is 58.6 Å². The van der Waals surface area contributed by atoms with Crippen molar-refractivity contribution in [2.75, 3.05) is 13.1 Å². The molecule has 0 bridgehead atoms. The minimum atomic E-state index is -0.801. The van der Waals surface area contributed by atoms with Crippen LogP contribution in [-0.4, -0.2) is 41.0 Å². The summed E-state index contributed by atoms with van der Waals surface area (Å²) in [4.78, 5) is 32.4. The van der Waals surface area contributed by atoms with Gasteiger partial charge < -0.3 is 9.64 Å². The summed E-state index contributed by atoms with van der Waals surface area (Å²) in [5.74, 6) is -0.636. The molecule has 0 spiro atoms. The van der Waals surface area contributed by atoms with Gasteiger partial charge in [0.2, 0.25) is 0 Å². The highest BCUT2D eigenvalue weighted by Crippen LogP contribution is 2.29. The van der Waals surface area contributed by atoms with Gasteiger partial charge in [0.1, 0.15) is 5.03 Å². The van der Waals surface area contributed by atoms with Crippen molar-refractivity contribution in [2.45, 2.75) is 48.6 Å². The molecule has 5 nitrogen and oxygen atoms in total. The summed E-state index contributed by atoms with van der Waals surface area (Å²) in [7, 11) is 0. The fraction of sp³-hybridized carbons (Fsp3) is 0.381. The van der Waals surface area contributed by atoms with Gasteiger partial charge in [-0.05, 0) is 44.0 Å². The maximum absolute atomic E-state index is 12.7. The largest absolute Gasteiger partial charge is 0.449 e. The Labute approximate surface area is 164 Å². The number of likely N-dealkylation sites (tertiary alicyclic amines) is 1. The van der Waals surface area contributed by atoms with Gasteiger partial charge in [-0.25, -0.2) is 9.78 Å². The van der Waals surface area contributed by atoms with E-state index in [-0.39, 0.29) is 5.91 Å². The van der Waals surface area contributed by atoms with Gasteiger partial charge in [-0.1, -0.05) is 42.8 Å². The first-order chi connectivity index (χ1) is 13.1. The van der Waals surface area contributed by atoms with Gasteiger partial charge in [-0.2, -0.15) is 0 Å². The Hall–Kier alpha value is -2.34. The van der Waals surface area contributed by atoms with Gasteiger partial charge in [0.15, 0.2) is 6.10 Å². The third kappa shape index (κ3) is 5.32.